The lowest BCUT2D eigenvalue weighted by atomic mass is 10.1. The van der Waals surface area contributed by atoms with Gasteiger partial charge in [-0.25, -0.2) is 0 Å². The smallest absolute Gasteiger partial charge is 0.103 e. The fourth-order valence-electron chi connectivity index (χ4n) is 2.68. The molecule has 96 valence electrons. The maximum Gasteiger partial charge on any atom is 0.103 e. The van der Waals surface area contributed by atoms with Crippen LogP contribution in [-0.2, 0) is 0 Å². The molecule has 18 heavy (non-hydrogen) atoms. The molecule has 0 bridgehead atoms. The molecule has 0 aliphatic carbocycles. The van der Waals surface area contributed by atoms with Gasteiger partial charge in [0.05, 0.1) is 16.9 Å². The second-order valence-corrected chi connectivity index (χ2v) is 5.11. The van der Waals surface area contributed by atoms with E-state index in [1.54, 1.807) is 0 Å². The first-order valence-corrected chi connectivity index (χ1v) is 6.85. The quantitative estimate of drug-likeness (QED) is 0.759. The molecule has 1 aliphatic rings. The molecular formula is C15H21N3. The lowest BCUT2D eigenvalue weighted by Crippen LogP contribution is -2.28. The average molecular weight is 243 g/mol. The zero-order chi connectivity index (χ0) is 13.0. The third-order valence-electron chi connectivity index (χ3n) is 3.62. The molecule has 2 heterocycles. The highest BCUT2D eigenvalue weighted by Gasteiger charge is 2.15. The lowest BCUT2D eigenvalue weighted by Gasteiger charge is -2.28. The van der Waals surface area contributed by atoms with Crippen LogP contribution in [0.5, 0.6) is 0 Å². The van der Waals surface area contributed by atoms with E-state index in [4.69, 9.17) is 0 Å². The van der Waals surface area contributed by atoms with Gasteiger partial charge in [0.1, 0.15) is 6.07 Å². The average Bonchev–Trinajstić information content (AvgIpc) is 2.27. The first-order chi connectivity index (χ1) is 8.72. The number of nitrogens with zero attached hydrogens (tertiary/aromatic N) is 3. The van der Waals surface area contributed by atoms with Gasteiger partial charge in [-0.2, -0.15) is 5.26 Å². The van der Waals surface area contributed by atoms with Crippen LogP contribution in [0.25, 0.3) is 0 Å². The third-order valence-corrected chi connectivity index (χ3v) is 3.62. The van der Waals surface area contributed by atoms with Crippen LogP contribution in [0.3, 0.4) is 0 Å². The van der Waals surface area contributed by atoms with Crippen molar-refractivity contribution in [3.8, 4) is 6.07 Å². The predicted octanol–water partition coefficient (Wildman–Crippen LogP) is 3.34. The van der Waals surface area contributed by atoms with Gasteiger partial charge in [-0.1, -0.05) is 19.3 Å². The first-order valence-electron chi connectivity index (χ1n) is 6.85. The molecule has 3 heteroatoms. The van der Waals surface area contributed by atoms with Crippen molar-refractivity contribution in [2.75, 3.05) is 18.0 Å². The molecule has 1 fully saturated rings. The van der Waals surface area contributed by atoms with Gasteiger partial charge in [-0.05, 0) is 32.8 Å². The molecule has 0 unspecified atom stereocenters. The van der Waals surface area contributed by atoms with Crippen LogP contribution in [0.15, 0.2) is 6.07 Å². The van der Waals surface area contributed by atoms with Gasteiger partial charge in [0.2, 0.25) is 0 Å². The summed E-state index contributed by atoms with van der Waals surface area (Å²) in [6.07, 6.45) is 6.42. The molecule has 1 aromatic heterocycles. The summed E-state index contributed by atoms with van der Waals surface area (Å²) in [6, 6.07) is 4.38. The summed E-state index contributed by atoms with van der Waals surface area (Å²) >= 11 is 0. The van der Waals surface area contributed by atoms with Crippen molar-refractivity contribution >= 4 is 5.69 Å². The Bertz CT molecular complexity index is 452. The van der Waals surface area contributed by atoms with Crippen LogP contribution >= 0.6 is 0 Å². The topological polar surface area (TPSA) is 39.9 Å². The Kier molecular flexibility index (Phi) is 4.19. The Labute approximate surface area is 109 Å². The van der Waals surface area contributed by atoms with Crippen molar-refractivity contribution in [3.05, 3.63) is 23.0 Å². The van der Waals surface area contributed by atoms with Crippen LogP contribution in [0.1, 0.15) is 49.1 Å². The van der Waals surface area contributed by atoms with Crippen molar-refractivity contribution in [1.29, 1.82) is 5.26 Å². The standard InChI is InChI=1S/C15H21N3/c1-12-10-15(14(11-16)13(2)17-12)18-8-6-4-3-5-7-9-18/h10H,3-9H2,1-2H3. The van der Waals surface area contributed by atoms with Gasteiger partial charge in [0.15, 0.2) is 0 Å². The van der Waals surface area contributed by atoms with Gasteiger partial charge >= 0.3 is 0 Å². The normalized spacial score (nSPS) is 16.8. The Balaban J connectivity index is 2.33. The molecule has 0 aromatic carbocycles. The maximum atomic E-state index is 9.33. The maximum absolute atomic E-state index is 9.33. The van der Waals surface area contributed by atoms with E-state index in [0.717, 1.165) is 35.7 Å². The molecule has 0 spiro atoms. The van der Waals surface area contributed by atoms with E-state index >= 15 is 0 Å². The van der Waals surface area contributed by atoms with Crippen molar-refractivity contribution in [2.45, 2.75) is 46.0 Å². The third kappa shape index (κ3) is 2.81. The summed E-state index contributed by atoms with van der Waals surface area (Å²) < 4.78 is 0. The molecule has 1 aliphatic heterocycles. The molecule has 0 radical (unpaired) electrons. The van der Waals surface area contributed by atoms with Gasteiger partial charge in [-0.3, -0.25) is 4.98 Å². The second-order valence-electron chi connectivity index (χ2n) is 5.11. The van der Waals surface area contributed by atoms with Crippen LogP contribution < -0.4 is 4.90 Å². The largest absolute Gasteiger partial charge is 0.370 e. The number of nitriles is 1. The highest BCUT2D eigenvalue weighted by Crippen LogP contribution is 2.25. The van der Waals surface area contributed by atoms with Crippen molar-refractivity contribution < 1.29 is 0 Å². The minimum atomic E-state index is 0.751. The minimum Gasteiger partial charge on any atom is -0.370 e. The van der Waals surface area contributed by atoms with Crippen LogP contribution in [0.2, 0.25) is 0 Å². The fraction of sp³-hybridized carbons (Fsp3) is 0.600. The summed E-state index contributed by atoms with van der Waals surface area (Å²) in [4.78, 5) is 6.77. The number of rotatable bonds is 1. The van der Waals surface area contributed by atoms with E-state index in [1.807, 2.05) is 13.8 Å². The van der Waals surface area contributed by atoms with Gasteiger partial charge in [0.25, 0.3) is 0 Å². The minimum absolute atomic E-state index is 0.751. The molecule has 0 N–H and O–H groups in total. The zero-order valence-corrected chi connectivity index (χ0v) is 11.4. The summed E-state index contributed by atoms with van der Waals surface area (Å²) in [5, 5.41) is 9.33. The van der Waals surface area contributed by atoms with E-state index in [9.17, 15) is 5.26 Å². The molecule has 0 atom stereocenters. The molecule has 0 amide bonds. The van der Waals surface area contributed by atoms with E-state index in [-0.39, 0.29) is 0 Å². The molecule has 1 aromatic rings. The zero-order valence-electron chi connectivity index (χ0n) is 11.4. The summed E-state index contributed by atoms with van der Waals surface area (Å²) in [6.45, 7) is 6.07. The van der Waals surface area contributed by atoms with E-state index in [1.165, 1.54) is 32.1 Å². The predicted molar refractivity (Wildman–Crippen MR) is 73.7 cm³/mol. The molecule has 2 rings (SSSR count). The SMILES string of the molecule is Cc1cc(N2CCCCCCC2)c(C#N)c(C)n1. The second kappa shape index (κ2) is 5.86. The molecule has 1 saturated heterocycles. The Hall–Kier alpha value is -1.56. The first kappa shape index (κ1) is 12.9. The van der Waals surface area contributed by atoms with Crippen LogP contribution in [0.4, 0.5) is 5.69 Å². The Morgan fingerprint density at radius 2 is 1.72 bits per heavy atom. The van der Waals surface area contributed by atoms with Gasteiger partial charge < -0.3 is 4.90 Å². The summed E-state index contributed by atoms with van der Waals surface area (Å²) in [5.74, 6) is 0. The molecular weight excluding hydrogens is 222 g/mol. The summed E-state index contributed by atoms with van der Waals surface area (Å²) in [7, 11) is 0. The van der Waals surface area contributed by atoms with Crippen LogP contribution in [-0.4, -0.2) is 18.1 Å². The highest BCUT2D eigenvalue weighted by atomic mass is 15.1. The molecule has 0 saturated carbocycles. The number of hydrogen-bond donors (Lipinski definition) is 0. The van der Waals surface area contributed by atoms with Crippen molar-refractivity contribution in [1.82, 2.24) is 4.98 Å². The van der Waals surface area contributed by atoms with Crippen LogP contribution in [0, 0.1) is 25.2 Å². The van der Waals surface area contributed by atoms with E-state index in [0.29, 0.717) is 0 Å². The number of aromatic nitrogens is 1. The number of aryl methyl sites for hydroxylation is 2. The lowest BCUT2D eigenvalue weighted by molar-refractivity contribution is 0.556. The number of anilines is 1. The van der Waals surface area contributed by atoms with Crippen molar-refractivity contribution in [2.24, 2.45) is 0 Å². The molecule has 3 nitrogen and oxygen atoms in total. The van der Waals surface area contributed by atoms with Gasteiger partial charge in [-0.15, -0.1) is 0 Å². The van der Waals surface area contributed by atoms with E-state index in [2.05, 4.69) is 22.0 Å². The Morgan fingerprint density at radius 1 is 1.11 bits per heavy atom. The summed E-state index contributed by atoms with van der Waals surface area (Å²) in [5.41, 5.74) is 3.70. The van der Waals surface area contributed by atoms with Gasteiger partial charge in [0, 0.05) is 18.8 Å². The van der Waals surface area contributed by atoms with Crippen molar-refractivity contribution in [3.63, 3.8) is 0 Å². The van der Waals surface area contributed by atoms with E-state index < -0.39 is 0 Å². The Morgan fingerprint density at radius 3 is 2.33 bits per heavy atom. The fourth-order valence-corrected chi connectivity index (χ4v) is 2.68. The monoisotopic (exact) mass is 243 g/mol. The number of hydrogen-bond acceptors (Lipinski definition) is 3. The highest BCUT2D eigenvalue weighted by molar-refractivity contribution is 5.61. The number of pyridine rings is 1.